The molecule has 5 rings (SSSR count). The molecule has 1 heterocycles. The van der Waals surface area contributed by atoms with Gasteiger partial charge in [0.05, 0.1) is 0 Å². The Bertz CT molecular complexity index is 868. The van der Waals surface area contributed by atoms with Gasteiger partial charge in [0.2, 0.25) is 11.8 Å². The lowest BCUT2D eigenvalue weighted by molar-refractivity contribution is -0.137. The van der Waals surface area contributed by atoms with Crippen LogP contribution in [0.5, 0.6) is 5.75 Å². The van der Waals surface area contributed by atoms with Crippen molar-refractivity contribution in [1.29, 1.82) is 0 Å². The van der Waals surface area contributed by atoms with E-state index in [9.17, 15) is 9.59 Å². The van der Waals surface area contributed by atoms with Crippen molar-refractivity contribution in [1.82, 2.24) is 5.32 Å². The molecule has 168 valence electrons. The van der Waals surface area contributed by atoms with Gasteiger partial charge >= 0.3 is 0 Å². The fraction of sp³-hybridized carbons (Fsp3) is 0.692. The number of amides is 2. The van der Waals surface area contributed by atoms with E-state index in [1.807, 2.05) is 24.3 Å². The number of hydrogen-bond acceptors (Lipinski definition) is 3. The van der Waals surface area contributed by atoms with E-state index < -0.39 is 0 Å². The van der Waals surface area contributed by atoms with Crippen LogP contribution in [0.3, 0.4) is 0 Å². The second-order valence-electron chi connectivity index (χ2n) is 11.0. The molecule has 0 bridgehead atoms. The van der Waals surface area contributed by atoms with E-state index in [0.29, 0.717) is 18.4 Å². The Morgan fingerprint density at radius 1 is 1.00 bits per heavy atom. The topological polar surface area (TPSA) is 67.4 Å². The highest BCUT2D eigenvalue weighted by molar-refractivity contribution is 5.88. The quantitative estimate of drug-likeness (QED) is 0.724. The molecule has 5 nitrogen and oxygen atoms in total. The SMILES string of the molecule is CC(=O)Nc1ccc(OC2CC[C@H]3[C@@H]4CCC5NC(=O)CC[C@]5(C)[C@@H]4CC[C@]23C)cc1. The molecule has 1 aromatic carbocycles. The van der Waals surface area contributed by atoms with Crippen molar-refractivity contribution in [2.24, 2.45) is 28.6 Å². The summed E-state index contributed by atoms with van der Waals surface area (Å²) in [5.74, 6) is 3.28. The predicted octanol–water partition coefficient (Wildman–Crippen LogP) is 4.91. The minimum atomic E-state index is -0.0578. The van der Waals surface area contributed by atoms with Gasteiger partial charge in [-0.1, -0.05) is 13.8 Å². The molecule has 0 spiro atoms. The highest BCUT2D eigenvalue weighted by Gasteiger charge is 2.61. The zero-order valence-electron chi connectivity index (χ0n) is 19.1. The van der Waals surface area contributed by atoms with E-state index in [2.05, 4.69) is 24.5 Å². The van der Waals surface area contributed by atoms with E-state index in [4.69, 9.17) is 4.74 Å². The van der Waals surface area contributed by atoms with Crippen LogP contribution in [0.4, 0.5) is 5.69 Å². The molecule has 5 heteroatoms. The second kappa shape index (κ2) is 7.53. The van der Waals surface area contributed by atoms with Crippen LogP contribution in [0.1, 0.15) is 72.1 Å². The van der Waals surface area contributed by atoms with Gasteiger partial charge in [0, 0.05) is 30.5 Å². The van der Waals surface area contributed by atoms with Crippen LogP contribution in [-0.2, 0) is 9.59 Å². The van der Waals surface area contributed by atoms with E-state index in [0.717, 1.165) is 42.5 Å². The van der Waals surface area contributed by atoms with Crippen LogP contribution in [0, 0.1) is 28.6 Å². The van der Waals surface area contributed by atoms with Gasteiger partial charge in [-0.05, 0) is 92.4 Å². The zero-order chi connectivity index (χ0) is 21.8. The summed E-state index contributed by atoms with van der Waals surface area (Å²) in [5, 5.41) is 6.15. The summed E-state index contributed by atoms with van der Waals surface area (Å²) in [6.45, 7) is 6.44. The summed E-state index contributed by atoms with van der Waals surface area (Å²) in [4.78, 5) is 23.3. The monoisotopic (exact) mass is 424 g/mol. The van der Waals surface area contributed by atoms with Gasteiger partial charge in [0.25, 0.3) is 0 Å². The van der Waals surface area contributed by atoms with Crippen molar-refractivity contribution >= 4 is 17.5 Å². The number of piperidine rings is 1. The molecule has 0 aromatic heterocycles. The molecule has 1 saturated heterocycles. The predicted molar refractivity (Wildman–Crippen MR) is 121 cm³/mol. The fourth-order valence-corrected chi connectivity index (χ4v) is 7.83. The zero-order valence-corrected chi connectivity index (χ0v) is 19.1. The van der Waals surface area contributed by atoms with Crippen LogP contribution in [0.15, 0.2) is 24.3 Å². The van der Waals surface area contributed by atoms with Gasteiger partial charge in [0.15, 0.2) is 0 Å². The summed E-state index contributed by atoms with van der Waals surface area (Å²) >= 11 is 0. The Balaban J connectivity index is 1.31. The van der Waals surface area contributed by atoms with Crippen molar-refractivity contribution < 1.29 is 14.3 Å². The Hall–Kier alpha value is -2.04. The Labute approximate surface area is 185 Å². The Kier molecular flexibility index (Phi) is 5.06. The average Bonchev–Trinajstić information content (AvgIpc) is 3.06. The van der Waals surface area contributed by atoms with E-state index >= 15 is 0 Å². The van der Waals surface area contributed by atoms with Crippen molar-refractivity contribution in [3.63, 3.8) is 0 Å². The number of ether oxygens (including phenoxy) is 1. The molecular formula is C26H36N2O3. The summed E-state index contributed by atoms with van der Waals surface area (Å²) < 4.78 is 6.56. The minimum absolute atomic E-state index is 0.0578. The molecule has 31 heavy (non-hydrogen) atoms. The van der Waals surface area contributed by atoms with E-state index in [-0.39, 0.29) is 28.7 Å². The Morgan fingerprint density at radius 2 is 1.74 bits per heavy atom. The van der Waals surface area contributed by atoms with Gasteiger partial charge in [-0.25, -0.2) is 0 Å². The number of nitrogens with one attached hydrogen (secondary N) is 2. The molecule has 2 N–H and O–H groups in total. The number of hydrogen-bond donors (Lipinski definition) is 2. The average molecular weight is 425 g/mol. The van der Waals surface area contributed by atoms with E-state index in [1.54, 1.807) is 0 Å². The van der Waals surface area contributed by atoms with Gasteiger partial charge < -0.3 is 15.4 Å². The molecule has 4 aliphatic rings. The first-order chi connectivity index (χ1) is 14.8. The summed E-state index contributed by atoms with van der Waals surface area (Å²) in [6, 6.07) is 8.16. The van der Waals surface area contributed by atoms with Gasteiger partial charge in [-0.3, -0.25) is 9.59 Å². The normalized spacial score (nSPS) is 41.4. The molecule has 1 aromatic rings. The molecule has 0 radical (unpaired) electrons. The van der Waals surface area contributed by atoms with Gasteiger partial charge in [-0.15, -0.1) is 0 Å². The maximum Gasteiger partial charge on any atom is 0.221 e. The third-order valence-electron chi connectivity index (χ3n) is 9.46. The second-order valence-corrected chi connectivity index (χ2v) is 11.0. The number of rotatable bonds is 3. The van der Waals surface area contributed by atoms with Crippen LogP contribution in [0.2, 0.25) is 0 Å². The molecule has 1 aliphatic heterocycles. The van der Waals surface area contributed by atoms with Gasteiger partial charge in [-0.2, -0.15) is 0 Å². The molecule has 4 fully saturated rings. The van der Waals surface area contributed by atoms with Crippen LogP contribution < -0.4 is 15.4 Å². The van der Waals surface area contributed by atoms with Crippen molar-refractivity contribution in [2.45, 2.75) is 84.3 Å². The first-order valence-corrected chi connectivity index (χ1v) is 12.1. The lowest BCUT2D eigenvalue weighted by Gasteiger charge is -2.60. The fourth-order valence-electron chi connectivity index (χ4n) is 7.83. The lowest BCUT2D eigenvalue weighted by Crippen LogP contribution is -2.61. The number of anilines is 1. The van der Waals surface area contributed by atoms with Crippen molar-refractivity contribution in [3.8, 4) is 5.75 Å². The molecule has 7 atom stereocenters. The molecule has 2 unspecified atom stereocenters. The molecular weight excluding hydrogens is 388 g/mol. The summed E-state index contributed by atoms with van der Waals surface area (Å²) in [5.41, 5.74) is 1.29. The maximum atomic E-state index is 12.0. The first kappa shape index (κ1) is 20.8. The van der Waals surface area contributed by atoms with E-state index in [1.165, 1.54) is 32.6 Å². The molecule has 3 saturated carbocycles. The highest BCUT2D eigenvalue weighted by Crippen LogP contribution is 2.64. The number of carbonyl (C=O) groups excluding carboxylic acids is 2. The van der Waals surface area contributed by atoms with Crippen LogP contribution in [0.25, 0.3) is 0 Å². The largest absolute Gasteiger partial charge is 0.490 e. The van der Waals surface area contributed by atoms with Gasteiger partial charge in [0.1, 0.15) is 11.9 Å². The highest BCUT2D eigenvalue weighted by atomic mass is 16.5. The number of benzene rings is 1. The first-order valence-electron chi connectivity index (χ1n) is 12.1. The number of fused-ring (bicyclic) bond motifs is 5. The smallest absolute Gasteiger partial charge is 0.221 e. The summed E-state index contributed by atoms with van der Waals surface area (Å²) in [7, 11) is 0. The third-order valence-corrected chi connectivity index (χ3v) is 9.46. The van der Waals surface area contributed by atoms with Crippen molar-refractivity contribution in [3.05, 3.63) is 24.3 Å². The third kappa shape index (κ3) is 3.44. The Morgan fingerprint density at radius 3 is 2.48 bits per heavy atom. The standard InChI is InChI=1S/C26H36N2O3/c1-16(29)27-17-4-6-18(7-5-17)31-23-11-9-20-19-8-10-22-25(2,15-13-24(30)28-22)21(19)12-14-26(20,23)3/h4-7,19-23H,8-15H2,1-3H3,(H,27,29)(H,28,30)/t19-,20-,21+,22?,23?,25+,26-/m0/s1. The van der Waals surface area contributed by atoms with Crippen LogP contribution in [-0.4, -0.2) is 24.0 Å². The number of carbonyl (C=O) groups is 2. The van der Waals surface area contributed by atoms with Crippen LogP contribution >= 0.6 is 0 Å². The summed E-state index contributed by atoms with van der Waals surface area (Å²) in [6.07, 6.45) is 9.20. The minimum Gasteiger partial charge on any atom is -0.490 e. The molecule has 2 amide bonds. The van der Waals surface area contributed by atoms with Crippen molar-refractivity contribution in [2.75, 3.05) is 5.32 Å². The maximum absolute atomic E-state index is 12.0. The molecule has 3 aliphatic carbocycles. The lowest BCUT2D eigenvalue weighted by atomic mass is 9.47.